The number of piperazine rings is 1. The summed E-state index contributed by atoms with van der Waals surface area (Å²) in [5.74, 6) is 0.112. The van der Waals surface area contributed by atoms with Gasteiger partial charge < -0.3 is 10.2 Å². The number of carbonyl (C=O) groups is 1. The molecule has 16 heavy (non-hydrogen) atoms. The highest BCUT2D eigenvalue weighted by Crippen LogP contribution is 2.16. The van der Waals surface area contributed by atoms with Crippen molar-refractivity contribution in [2.24, 2.45) is 0 Å². The first-order chi connectivity index (χ1) is 7.79. The first-order valence-corrected chi connectivity index (χ1v) is 5.68. The number of pyridine rings is 1. The van der Waals surface area contributed by atoms with E-state index in [2.05, 4.69) is 10.3 Å². The van der Waals surface area contributed by atoms with E-state index in [4.69, 9.17) is 0 Å². The van der Waals surface area contributed by atoms with E-state index in [0.29, 0.717) is 0 Å². The number of nitrogens with one attached hydrogen (secondary N) is 1. The lowest BCUT2D eigenvalue weighted by Gasteiger charge is -2.29. The number of carbonyl (C=O) groups excluding carboxylic acids is 1. The molecule has 4 heteroatoms. The molecule has 86 valence electrons. The maximum Gasteiger partial charge on any atom is 0.229 e. The molecule has 1 fully saturated rings. The van der Waals surface area contributed by atoms with Crippen molar-refractivity contribution in [2.45, 2.75) is 12.8 Å². The van der Waals surface area contributed by atoms with Crippen LogP contribution in [-0.4, -0.2) is 42.0 Å². The van der Waals surface area contributed by atoms with Crippen molar-refractivity contribution in [3.63, 3.8) is 0 Å². The van der Waals surface area contributed by atoms with E-state index in [9.17, 15) is 4.79 Å². The molecular formula is C12H17N3O. The molecule has 1 saturated heterocycles. The zero-order valence-electron chi connectivity index (χ0n) is 9.52. The first kappa shape index (κ1) is 11.1. The van der Waals surface area contributed by atoms with E-state index in [1.54, 1.807) is 12.4 Å². The SMILES string of the molecule is CC(C(=O)N1CCNCC1)c1cccnc1. The van der Waals surface area contributed by atoms with Crippen molar-refractivity contribution in [3.8, 4) is 0 Å². The minimum absolute atomic E-state index is 0.0909. The van der Waals surface area contributed by atoms with Gasteiger partial charge in [0.2, 0.25) is 5.91 Å². The van der Waals surface area contributed by atoms with Crippen LogP contribution in [-0.2, 0) is 4.79 Å². The van der Waals surface area contributed by atoms with Gasteiger partial charge in [-0.2, -0.15) is 0 Å². The second-order valence-electron chi connectivity index (χ2n) is 4.08. The van der Waals surface area contributed by atoms with Gasteiger partial charge in [-0.05, 0) is 18.6 Å². The molecular weight excluding hydrogens is 202 g/mol. The summed E-state index contributed by atoms with van der Waals surface area (Å²) in [6.07, 6.45) is 3.50. The van der Waals surface area contributed by atoms with Gasteiger partial charge in [0.15, 0.2) is 0 Å². The summed E-state index contributed by atoms with van der Waals surface area (Å²) in [4.78, 5) is 18.1. The van der Waals surface area contributed by atoms with Crippen LogP contribution in [0.5, 0.6) is 0 Å². The predicted molar refractivity (Wildman–Crippen MR) is 62.1 cm³/mol. The van der Waals surface area contributed by atoms with E-state index in [1.165, 1.54) is 0 Å². The van der Waals surface area contributed by atoms with Gasteiger partial charge in [0.05, 0.1) is 5.92 Å². The number of hydrogen-bond acceptors (Lipinski definition) is 3. The average molecular weight is 219 g/mol. The van der Waals surface area contributed by atoms with Crippen LogP contribution in [0, 0.1) is 0 Å². The van der Waals surface area contributed by atoms with Gasteiger partial charge in [0, 0.05) is 38.6 Å². The smallest absolute Gasteiger partial charge is 0.229 e. The molecule has 0 spiro atoms. The third-order valence-corrected chi connectivity index (χ3v) is 2.98. The zero-order chi connectivity index (χ0) is 11.4. The van der Waals surface area contributed by atoms with Crippen LogP contribution in [0.3, 0.4) is 0 Å². The fraction of sp³-hybridized carbons (Fsp3) is 0.500. The Balaban J connectivity index is 2.04. The lowest BCUT2D eigenvalue weighted by Crippen LogP contribution is -2.47. The monoisotopic (exact) mass is 219 g/mol. The molecule has 1 amide bonds. The molecule has 1 aliphatic heterocycles. The van der Waals surface area contributed by atoms with Crippen LogP contribution in [0.15, 0.2) is 24.5 Å². The Bertz CT molecular complexity index is 347. The summed E-state index contributed by atoms with van der Waals surface area (Å²) >= 11 is 0. The Morgan fingerprint density at radius 1 is 1.50 bits per heavy atom. The van der Waals surface area contributed by atoms with Crippen molar-refractivity contribution >= 4 is 5.91 Å². The van der Waals surface area contributed by atoms with E-state index >= 15 is 0 Å². The molecule has 1 aromatic rings. The van der Waals surface area contributed by atoms with Crippen LogP contribution in [0.4, 0.5) is 0 Å². The molecule has 2 rings (SSSR count). The van der Waals surface area contributed by atoms with Crippen LogP contribution in [0.2, 0.25) is 0 Å². The largest absolute Gasteiger partial charge is 0.340 e. The number of aromatic nitrogens is 1. The normalized spacial score (nSPS) is 18.2. The van der Waals surface area contributed by atoms with E-state index in [-0.39, 0.29) is 11.8 Å². The van der Waals surface area contributed by atoms with Crippen LogP contribution >= 0.6 is 0 Å². The van der Waals surface area contributed by atoms with E-state index in [0.717, 1.165) is 31.7 Å². The number of nitrogens with zero attached hydrogens (tertiary/aromatic N) is 2. The number of hydrogen-bond donors (Lipinski definition) is 1. The van der Waals surface area contributed by atoms with Gasteiger partial charge in [0.1, 0.15) is 0 Å². The molecule has 1 aromatic heterocycles. The molecule has 4 nitrogen and oxygen atoms in total. The second kappa shape index (κ2) is 5.07. The van der Waals surface area contributed by atoms with Gasteiger partial charge in [-0.25, -0.2) is 0 Å². The molecule has 0 aromatic carbocycles. The van der Waals surface area contributed by atoms with Crippen molar-refractivity contribution in [3.05, 3.63) is 30.1 Å². The number of amides is 1. The Labute approximate surface area is 95.7 Å². The summed E-state index contributed by atoms with van der Waals surface area (Å²) in [7, 11) is 0. The Morgan fingerprint density at radius 3 is 2.88 bits per heavy atom. The summed E-state index contributed by atoms with van der Waals surface area (Å²) in [5.41, 5.74) is 0.992. The van der Waals surface area contributed by atoms with Crippen LogP contribution < -0.4 is 5.32 Å². The maximum absolute atomic E-state index is 12.2. The van der Waals surface area contributed by atoms with Crippen molar-refractivity contribution < 1.29 is 4.79 Å². The molecule has 1 unspecified atom stereocenters. The molecule has 0 saturated carbocycles. The van der Waals surface area contributed by atoms with Gasteiger partial charge in [-0.15, -0.1) is 0 Å². The molecule has 0 bridgehead atoms. The van der Waals surface area contributed by atoms with Crippen molar-refractivity contribution in [1.29, 1.82) is 0 Å². The highest BCUT2D eigenvalue weighted by molar-refractivity contribution is 5.83. The molecule has 0 radical (unpaired) electrons. The molecule has 0 aliphatic carbocycles. The summed E-state index contributed by atoms with van der Waals surface area (Å²) in [5, 5.41) is 3.24. The standard InChI is InChI=1S/C12H17N3O/c1-10(11-3-2-4-14-9-11)12(16)15-7-5-13-6-8-15/h2-4,9-10,13H,5-8H2,1H3. The van der Waals surface area contributed by atoms with Gasteiger partial charge in [-0.1, -0.05) is 6.07 Å². The van der Waals surface area contributed by atoms with Crippen molar-refractivity contribution in [1.82, 2.24) is 15.2 Å². The zero-order valence-corrected chi connectivity index (χ0v) is 9.52. The van der Waals surface area contributed by atoms with Crippen molar-refractivity contribution in [2.75, 3.05) is 26.2 Å². The summed E-state index contributed by atoms with van der Waals surface area (Å²) < 4.78 is 0. The quantitative estimate of drug-likeness (QED) is 0.793. The average Bonchev–Trinajstić information content (AvgIpc) is 2.39. The highest BCUT2D eigenvalue weighted by atomic mass is 16.2. The second-order valence-corrected chi connectivity index (χ2v) is 4.08. The Morgan fingerprint density at radius 2 is 2.25 bits per heavy atom. The summed E-state index contributed by atoms with van der Waals surface area (Å²) in [6.45, 7) is 5.35. The van der Waals surface area contributed by atoms with Gasteiger partial charge in [-0.3, -0.25) is 9.78 Å². The lowest BCUT2D eigenvalue weighted by atomic mass is 10.0. The highest BCUT2D eigenvalue weighted by Gasteiger charge is 2.22. The van der Waals surface area contributed by atoms with Gasteiger partial charge in [0.25, 0.3) is 0 Å². The van der Waals surface area contributed by atoms with Gasteiger partial charge >= 0.3 is 0 Å². The third kappa shape index (κ3) is 2.39. The Kier molecular flexibility index (Phi) is 3.51. The van der Waals surface area contributed by atoms with Crippen LogP contribution in [0.25, 0.3) is 0 Å². The minimum atomic E-state index is -0.0909. The molecule has 2 heterocycles. The maximum atomic E-state index is 12.2. The third-order valence-electron chi connectivity index (χ3n) is 2.98. The topological polar surface area (TPSA) is 45.2 Å². The molecule has 1 atom stereocenters. The summed E-state index contributed by atoms with van der Waals surface area (Å²) in [6, 6.07) is 3.83. The minimum Gasteiger partial charge on any atom is -0.340 e. The molecule has 1 N–H and O–H groups in total. The lowest BCUT2D eigenvalue weighted by molar-refractivity contribution is -0.133. The first-order valence-electron chi connectivity index (χ1n) is 5.68. The van der Waals surface area contributed by atoms with E-state index in [1.807, 2.05) is 24.0 Å². The van der Waals surface area contributed by atoms with Crippen LogP contribution in [0.1, 0.15) is 18.4 Å². The predicted octanol–water partition coefficient (Wildman–Crippen LogP) is 0.617. The fourth-order valence-electron chi connectivity index (χ4n) is 1.93. The Hall–Kier alpha value is -1.42. The fourth-order valence-corrected chi connectivity index (χ4v) is 1.93. The van der Waals surface area contributed by atoms with E-state index < -0.39 is 0 Å². The molecule has 1 aliphatic rings. The number of rotatable bonds is 2.